The van der Waals surface area contributed by atoms with E-state index in [1.807, 2.05) is 16.7 Å². The largest absolute Gasteiger partial charge is 0.459 e. The first-order valence-electron chi connectivity index (χ1n) is 7.98. The molecular formula is C16H23N3O3. The summed E-state index contributed by atoms with van der Waals surface area (Å²) in [6.45, 7) is 6.92. The van der Waals surface area contributed by atoms with E-state index in [0.29, 0.717) is 25.4 Å². The van der Waals surface area contributed by atoms with Crippen molar-refractivity contribution in [1.82, 2.24) is 14.7 Å². The summed E-state index contributed by atoms with van der Waals surface area (Å²) in [7, 11) is 0. The molecule has 0 N–H and O–H groups in total. The van der Waals surface area contributed by atoms with Crippen LogP contribution in [-0.2, 0) is 4.79 Å². The van der Waals surface area contributed by atoms with E-state index in [-0.39, 0.29) is 11.8 Å². The van der Waals surface area contributed by atoms with E-state index in [1.165, 1.54) is 0 Å². The predicted octanol–water partition coefficient (Wildman–Crippen LogP) is 0.968. The number of carbonyl (C=O) groups is 2. The molecule has 0 bridgehead atoms. The number of carbonyl (C=O) groups excluding carboxylic acids is 2. The van der Waals surface area contributed by atoms with Crippen LogP contribution in [0, 0.1) is 6.92 Å². The summed E-state index contributed by atoms with van der Waals surface area (Å²) >= 11 is 0. The molecule has 22 heavy (non-hydrogen) atoms. The van der Waals surface area contributed by atoms with Crippen molar-refractivity contribution in [2.24, 2.45) is 0 Å². The van der Waals surface area contributed by atoms with Gasteiger partial charge in [-0.25, -0.2) is 0 Å². The van der Waals surface area contributed by atoms with Gasteiger partial charge in [-0.05, 0) is 25.8 Å². The molecular weight excluding hydrogens is 282 g/mol. The first-order valence-corrected chi connectivity index (χ1v) is 7.98. The second-order valence-electron chi connectivity index (χ2n) is 6.09. The standard InChI is InChI=1S/C16H23N3O3/c1-13-4-11-22-15(13)16(21)19-9-7-17(8-10-19)12-14(20)18-5-2-3-6-18/h4,11H,2-3,5-10,12H2,1H3. The summed E-state index contributed by atoms with van der Waals surface area (Å²) < 4.78 is 5.27. The van der Waals surface area contributed by atoms with Crippen molar-refractivity contribution in [2.75, 3.05) is 45.8 Å². The van der Waals surface area contributed by atoms with E-state index < -0.39 is 0 Å². The summed E-state index contributed by atoms with van der Waals surface area (Å²) in [5.74, 6) is 0.605. The number of furan rings is 1. The Morgan fingerprint density at radius 1 is 1.05 bits per heavy atom. The molecule has 2 aliphatic heterocycles. The van der Waals surface area contributed by atoms with Crippen molar-refractivity contribution in [3.05, 3.63) is 23.7 Å². The number of rotatable bonds is 3. The minimum absolute atomic E-state index is 0.0481. The SMILES string of the molecule is Cc1ccoc1C(=O)N1CCN(CC(=O)N2CCCC2)CC1. The van der Waals surface area contributed by atoms with Crippen LogP contribution >= 0.6 is 0 Å². The Balaban J connectivity index is 1.49. The van der Waals surface area contributed by atoms with Gasteiger partial charge in [0.25, 0.3) is 5.91 Å². The molecule has 3 rings (SSSR count). The number of nitrogens with zero attached hydrogens (tertiary/aromatic N) is 3. The van der Waals surface area contributed by atoms with Crippen molar-refractivity contribution >= 4 is 11.8 Å². The number of likely N-dealkylation sites (tertiary alicyclic amines) is 1. The van der Waals surface area contributed by atoms with Gasteiger partial charge in [-0.3, -0.25) is 14.5 Å². The van der Waals surface area contributed by atoms with Gasteiger partial charge in [0.1, 0.15) is 0 Å². The molecule has 120 valence electrons. The van der Waals surface area contributed by atoms with Gasteiger partial charge < -0.3 is 14.2 Å². The first kappa shape index (κ1) is 15.1. The molecule has 0 unspecified atom stereocenters. The molecule has 3 heterocycles. The third-order valence-electron chi connectivity index (χ3n) is 4.53. The number of aryl methyl sites for hydroxylation is 1. The Morgan fingerprint density at radius 2 is 1.73 bits per heavy atom. The summed E-state index contributed by atoms with van der Waals surface area (Å²) in [5.41, 5.74) is 0.872. The molecule has 0 radical (unpaired) electrons. The lowest BCUT2D eigenvalue weighted by Crippen LogP contribution is -2.51. The lowest BCUT2D eigenvalue weighted by atomic mass is 10.2. The Labute approximate surface area is 130 Å². The van der Waals surface area contributed by atoms with Gasteiger partial charge in [-0.2, -0.15) is 0 Å². The Hall–Kier alpha value is -1.82. The molecule has 0 saturated carbocycles. The Kier molecular flexibility index (Phi) is 4.47. The van der Waals surface area contributed by atoms with Gasteiger partial charge >= 0.3 is 0 Å². The highest BCUT2D eigenvalue weighted by Crippen LogP contribution is 2.14. The molecule has 0 spiro atoms. The second-order valence-corrected chi connectivity index (χ2v) is 6.09. The molecule has 1 aromatic rings. The maximum absolute atomic E-state index is 12.4. The van der Waals surface area contributed by atoms with Gasteiger partial charge in [0.2, 0.25) is 5.91 Å². The van der Waals surface area contributed by atoms with Gasteiger partial charge in [-0.15, -0.1) is 0 Å². The monoisotopic (exact) mass is 305 g/mol. The van der Waals surface area contributed by atoms with Gasteiger partial charge in [0.05, 0.1) is 12.8 Å². The van der Waals surface area contributed by atoms with Crippen LogP contribution in [-0.4, -0.2) is 72.3 Å². The maximum Gasteiger partial charge on any atom is 0.289 e. The quantitative estimate of drug-likeness (QED) is 0.835. The zero-order valence-electron chi connectivity index (χ0n) is 13.1. The van der Waals surface area contributed by atoms with Gasteiger partial charge in [0.15, 0.2) is 5.76 Å². The fraction of sp³-hybridized carbons (Fsp3) is 0.625. The van der Waals surface area contributed by atoms with E-state index in [0.717, 1.165) is 44.6 Å². The Morgan fingerprint density at radius 3 is 2.32 bits per heavy atom. The van der Waals surface area contributed by atoms with E-state index in [2.05, 4.69) is 4.90 Å². The van der Waals surface area contributed by atoms with Crippen molar-refractivity contribution in [3.8, 4) is 0 Å². The molecule has 0 aromatic carbocycles. The minimum atomic E-state index is -0.0481. The highest BCUT2D eigenvalue weighted by atomic mass is 16.3. The van der Waals surface area contributed by atoms with Crippen LogP contribution < -0.4 is 0 Å². The molecule has 6 nitrogen and oxygen atoms in total. The molecule has 0 atom stereocenters. The van der Waals surface area contributed by atoms with Crippen molar-refractivity contribution < 1.29 is 14.0 Å². The van der Waals surface area contributed by atoms with Crippen LogP contribution in [0.3, 0.4) is 0 Å². The molecule has 0 aliphatic carbocycles. The smallest absolute Gasteiger partial charge is 0.289 e. The topological polar surface area (TPSA) is 57.0 Å². The first-order chi connectivity index (χ1) is 10.6. The lowest BCUT2D eigenvalue weighted by Gasteiger charge is -2.34. The summed E-state index contributed by atoms with van der Waals surface area (Å²) in [4.78, 5) is 30.4. The van der Waals surface area contributed by atoms with Gasteiger partial charge in [0, 0.05) is 44.8 Å². The molecule has 2 amide bonds. The Bertz CT molecular complexity index is 541. The molecule has 2 fully saturated rings. The fourth-order valence-corrected chi connectivity index (χ4v) is 3.10. The average Bonchev–Trinajstić information content (AvgIpc) is 3.18. The second kappa shape index (κ2) is 6.52. The van der Waals surface area contributed by atoms with Crippen LogP contribution in [0.15, 0.2) is 16.7 Å². The normalized spacial score (nSPS) is 19.7. The van der Waals surface area contributed by atoms with E-state index in [4.69, 9.17) is 4.42 Å². The number of hydrogen-bond donors (Lipinski definition) is 0. The van der Waals surface area contributed by atoms with E-state index >= 15 is 0 Å². The number of piperazine rings is 1. The lowest BCUT2D eigenvalue weighted by molar-refractivity contribution is -0.131. The van der Waals surface area contributed by atoms with Crippen LogP contribution in [0.4, 0.5) is 0 Å². The summed E-state index contributed by atoms with van der Waals surface area (Å²) in [6.07, 6.45) is 3.79. The molecule has 6 heteroatoms. The maximum atomic E-state index is 12.4. The molecule has 2 aliphatic rings. The fourth-order valence-electron chi connectivity index (χ4n) is 3.10. The zero-order chi connectivity index (χ0) is 15.5. The number of amides is 2. The molecule has 1 aromatic heterocycles. The minimum Gasteiger partial charge on any atom is -0.459 e. The van der Waals surface area contributed by atoms with E-state index in [1.54, 1.807) is 12.3 Å². The average molecular weight is 305 g/mol. The molecule has 2 saturated heterocycles. The summed E-state index contributed by atoms with van der Waals surface area (Å²) in [5, 5.41) is 0. The van der Waals surface area contributed by atoms with Gasteiger partial charge in [-0.1, -0.05) is 0 Å². The van der Waals surface area contributed by atoms with Crippen molar-refractivity contribution in [2.45, 2.75) is 19.8 Å². The number of hydrogen-bond acceptors (Lipinski definition) is 4. The van der Waals surface area contributed by atoms with E-state index in [9.17, 15) is 9.59 Å². The van der Waals surface area contributed by atoms with Crippen LogP contribution in [0.1, 0.15) is 29.0 Å². The van der Waals surface area contributed by atoms with Crippen LogP contribution in [0.25, 0.3) is 0 Å². The zero-order valence-corrected chi connectivity index (χ0v) is 13.1. The van der Waals surface area contributed by atoms with Crippen LogP contribution in [0.2, 0.25) is 0 Å². The van der Waals surface area contributed by atoms with Crippen LogP contribution in [0.5, 0.6) is 0 Å². The van der Waals surface area contributed by atoms with Crippen molar-refractivity contribution in [3.63, 3.8) is 0 Å². The third-order valence-corrected chi connectivity index (χ3v) is 4.53. The third kappa shape index (κ3) is 3.16. The predicted molar refractivity (Wildman–Crippen MR) is 81.6 cm³/mol. The van der Waals surface area contributed by atoms with Crippen molar-refractivity contribution in [1.29, 1.82) is 0 Å². The highest BCUT2D eigenvalue weighted by molar-refractivity contribution is 5.92. The highest BCUT2D eigenvalue weighted by Gasteiger charge is 2.27. The summed E-state index contributed by atoms with van der Waals surface area (Å²) in [6, 6.07) is 1.80.